The maximum Gasteiger partial charge on any atom is 0.233 e. The zero-order valence-corrected chi connectivity index (χ0v) is 9.75. The predicted octanol–water partition coefficient (Wildman–Crippen LogP) is 1.24. The summed E-state index contributed by atoms with van der Waals surface area (Å²) >= 11 is 0. The van der Waals surface area contributed by atoms with Gasteiger partial charge in [-0.05, 0) is 24.5 Å². The first kappa shape index (κ1) is 11.2. The molecular formula is C12H18N2O2. The van der Waals surface area contributed by atoms with Crippen LogP contribution in [-0.4, -0.2) is 19.5 Å². The topological polar surface area (TPSA) is 54.3 Å². The van der Waals surface area contributed by atoms with Crippen molar-refractivity contribution in [3.8, 4) is 0 Å². The van der Waals surface area contributed by atoms with Crippen LogP contribution in [0.15, 0.2) is 16.5 Å². The number of hydrogen-bond donors (Lipinski definition) is 2. The number of furan rings is 1. The minimum absolute atomic E-state index is 0.0115. The molecule has 1 aliphatic rings. The van der Waals surface area contributed by atoms with Crippen LogP contribution in [0.25, 0.3) is 0 Å². The van der Waals surface area contributed by atoms with Crippen LogP contribution >= 0.6 is 0 Å². The van der Waals surface area contributed by atoms with E-state index in [-0.39, 0.29) is 5.91 Å². The van der Waals surface area contributed by atoms with E-state index in [0.717, 1.165) is 17.4 Å². The lowest BCUT2D eigenvalue weighted by molar-refractivity contribution is -0.119. The molecule has 1 saturated carbocycles. The summed E-state index contributed by atoms with van der Waals surface area (Å²) in [5.41, 5.74) is 0. The van der Waals surface area contributed by atoms with E-state index < -0.39 is 0 Å². The Kier molecular flexibility index (Phi) is 3.29. The highest BCUT2D eigenvalue weighted by molar-refractivity contribution is 5.77. The Morgan fingerprint density at radius 2 is 2.31 bits per heavy atom. The predicted molar refractivity (Wildman–Crippen MR) is 61.0 cm³/mol. The van der Waals surface area contributed by atoms with Gasteiger partial charge in [0.05, 0.1) is 13.1 Å². The number of likely N-dealkylation sites (N-methyl/N-ethyl adjacent to an activating group) is 1. The fourth-order valence-electron chi connectivity index (χ4n) is 1.79. The zero-order chi connectivity index (χ0) is 11.5. The molecule has 2 N–H and O–H groups in total. The molecule has 0 saturated heterocycles. The van der Waals surface area contributed by atoms with Gasteiger partial charge in [-0.15, -0.1) is 0 Å². The maximum atomic E-state index is 11.0. The Morgan fingerprint density at radius 3 is 2.94 bits per heavy atom. The SMILES string of the molecule is CNC(=O)CNCc1ccc(C2CC2C)o1. The van der Waals surface area contributed by atoms with Crippen molar-refractivity contribution in [1.29, 1.82) is 0 Å². The standard InChI is InChI=1S/C12H18N2O2/c1-8-5-10(8)11-4-3-9(16-11)6-14-7-12(15)13-2/h3-4,8,10,14H,5-7H2,1-2H3,(H,13,15). The van der Waals surface area contributed by atoms with Gasteiger partial charge in [0.25, 0.3) is 0 Å². The van der Waals surface area contributed by atoms with Crippen LogP contribution in [0.2, 0.25) is 0 Å². The summed E-state index contributed by atoms with van der Waals surface area (Å²) < 4.78 is 5.70. The van der Waals surface area contributed by atoms with Crippen molar-refractivity contribution in [1.82, 2.24) is 10.6 Å². The average molecular weight is 222 g/mol. The van der Waals surface area contributed by atoms with Gasteiger partial charge >= 0.3 is 0 Å². The van der Waals surface area contributed by atoms with Crippen LogP contribution in [0.4, 0.5) is 0 Å². The summed E-state index contributed by atoms with van der Waals surface area (Å²) in [5.74, 6) is 3.36. The molecule has 0 spiro atoms. The van der Waals surface area contributed by atoms with E-state index >= 15 is 0 Å². The Labute approximate surface area is 95.4 Å². The Morgan fingerprint density at radius 1 is 1.56 bits per heavy atom. The Hall–Kier alpha value is -1.29. The summed E-state index contributed by atoms with van der Waals surface area (Å²) in [5, 5.41) is 5.59. The molecule has 4 heteroatoms. The smallest absolute Gasteiger partial charge is 0.233 e. The highest BCUT2D eigenvalue weighted by atomic mass is 16.3. The fraction of sp³-hybridized carbons (Fsp3) is 0.583. The molecule has 88 valence electrons. The van der Waals surface area contributed by atoms with Gasteiger partial charge in [-0.25, -0.2) is 0 Å². The number of nitrogens with one attached hydrogen (secondary N) is 2. The summed E-state index contributed by atoms with van der Waals surface area (Å²) in [6.07, 6.45) is 1.23. The first-order valence-electron chi connectivity index (χ1n) is 5.70. The minimum atomic E-state index is -0.0115. The van der Waals surface area contributed by atoms with Gasteiger partial charge in [-0.3, -0.25) is 4.79 Å². The van der Waals surface area contributed by atoms with Crippen molar-refractivity contribution in [3.05, 3.63) is 23.7 Å². The third-order valence-electron chi connectivity index (χ3n) is 3.02. The van der Waals surface area contributed by atoms with E-state index in [4.69, 9.17) is 4.42 Å². The van der Waals surface area contributed by atoms with Gasteiger partial charge < -0.3 is 15.1 Å². The van der Waals surface area contributed by atoms with Gasteiger partial charge in [0.15, 0.2) is 0 Å². The number of hydrogen-bond acceptors (Lipinski definition) is 3. The number of rotatable bonds is 5. The summed E-state index contributed by atoms with van der Waals surface area (Å²) in [7, 11) is 1.63. The highest BCUT2D eigenvalue weighted by Gasteiger charge is 2.36. The molecule has 0 bridgehead atoms. The largest absolute Gasteiger partial charge is 0.464 e. The van der Waals surface area contributed by atoms with E-state index in [2.05, 4.69) is 17.6 Å². The van der Waals surface area contributed by atoms with Gasteiger partial charge in [-0.2, -0.15) is 0 Å². The molecule has 1 amide bonds. The van der Waals surface area contributed by atoms with Gasteiger partial charge in [0, 0.05) is 13.0 Å². The molecule has 0 aliphatic heterocycles. The molecular weight excluding hydrogens is 204 g/mol. The number of carbonyl (C=O) groups is 1. The van der Waals surface area contributed by atoms with Gasteiger partial charge in [-0.1, -0.05) is 6.92 Å². The first-order chi connectivity index (χ1) is 7.70. The molecule has 0 radical (unpaired) electrons. The lowest BCUT2D eigenvalue weighted by atomic mass is 10.3. The van der Waals surface area contributed by atoms with Crippen LogP contribution in [0.1, 0.15) is 30.8 Å². The van der Waals surface area contributed by atoms with Crippen molar-refractivity contribution in [2.75, 3.05) is 13.6 Å². The van der Waals surface area contributed by atoms with Crippen LogP contribution in [-0.2, 0) is 11.3 Å². The Bertz CT molecular complexity index is 373. The van der Waals surface area contributed by atoms with Crippen molar-refractivity contribution >= 4 is 5.91 Å². The van der Waals surface area contributed by atoms with Crippen molar-refractivity contribution in [2.24, 2.45) is 5.92 Å². The molecule has 1 fully saturated rings. The third-order valence-corrected chi connectivity index (χ3v) is 3.02. The first-order valence-corrected chi connectivity index (χ1v) is 5.70. The van der Waals surface area contributed by atoms with E-state index in [9.17, 15) is 4.79 Å². The second-order valence-corrected chi connectivity index (χ2v) is 4.40. The van der Waals surface area contributed by atoms with Crippen molar-refractivity contribution in [2.45, 2.75) is 25.8 Å². The van der Waals surface area contributed by atoms with Crippen molar-refractivity contribution < 1.29 is 9.21 Å². The summed E-state index contributed by atoms with van der Waals surface area (Å²) in [6.45, 7) is 3.16. The van der Waals surface area contributed by atoms with Gasteiger partial charge in [0.2, 0.25) is 5.91 Å². The third kappa shape index (κ3) is 2.64. The number of carbonyl (C=O) groups excluding carboxylic acids is 1. The quantitative estimate of drug-likeness (QED) is 0.788. The molecule has 1 aromatic heterocycles. The lowest BCUT2D eigenvalue weighted by Crippen LogP contribution is -2.30. The second-order valence-electron chi connectivity index (χ2n) is 4.40. The molecule has 16 heavy (non-hydrogen) atoms. The monoisotopic (exact) mass is 222 g/mol. The molecule has 2 atom stereocenters. The minimum Gasteiger partial charge on any atom is -0.464 e. The van der Waals surface area contributed by atoms with Crippen LogP contribution in [0.3, 0.4) is 0 Å². The summed E-state index contributed by atoms with van der Waals surface area (Å²) in [4.78, 5) is 11.0. The average Bonchev–Trinajstić information content (AvgIpc) is 2.82. The van der Waals surface area contributed by atoms with Crippen LogP contribution < -0.4 is 10.6 Å². The van der Waals surface area contributed by atoms with Gasteiger partial charge in [0.1, 0.15) is 11.5 Å². The molecule has 4 nitrogen and oxygen atoms in total. The lowest BCUT2D eigenvalue weighted by Gasteiger charge is -2.01. The summed E-state index contributed by atoms with van der Waals surface area (Å²) in [6, 6.07) is 4.03. The van der Waals surface area contributed by atoms with E-state index in [1.54, 1.807) is 7.05 Å². The molecule has 0 aromatic carbocycles. The zero-order valence-electron chi connectivity index (χ0n) is 9.75. The van der Waals surface area contributed by atoms with Crippen LogP contribution in [0.5, 0.6) is 0 Å². The normalized spacial score (nSPS) is 23.1. The van der Waals surface area contributed by atoms with E-state index in [1.807, 2.05) is 12.1 Å². The number of amides is 1. The molecule has 2 unspecified atom stereocenters. The highest BCUT2D eigenvalue weighted by Crippen LogP contribution is 2.47. The van der Waals surface area contributed by atoms with E-state index in [1.165, 1.54) is 6.42 Å². The molecule has 1 aliphatic carbocycles. The Balaban J connectivity index is 1.77. The fourth-order valence-corrected chi connectivity index (χ4v) is 1.79. The van der Waals surface area contributed by atoms with E-state index in [0.29, 0.717) is 19.0 Å². The molecule has 1 heterocycles. The second kappa shape index (κ2) is 4.70. The van der Waals surface area contributed by atoms with Crippen LogP contribution in [0, 0.1) is 5.92 Å². The van der Waals surface area contributed by atoms with Crippen molar-refractivity contribution in [3.63, 3.8) is 0 Å². The molecule has 1 aromatic rings. The maximum absolute atomic E-state index is 11.0. The molecule has 2 rings (SSSR count).